The van der Waals surface area contributed by atoms with Crippen LogP contribution in [0, 0.1) is 0 Å². The number of rotatable bonds is 6. The smallest absolute Gasteiger partial charge is 0.108 e. The van der Waals surface area contributed by atoms with Crippen molar-refractivity contribution in [3.8, 4) is 0 Å². The van der Waals surface area contributed by atoms with Crippen molar-refractivity contribution in [2.24, 2.45) is 4.99 Å². The van der Waals surface area contributed by atoms with Gasteiger partial charge in [-0.05, 0) is 16.7 Å². The zero-order valence-electron chi connectivity index (χ0n) is 14.6. The van der Waals surface area contributed by atoms with Gasteiger partial charge in [0.05, 0.1) is 11.8 Å². The number of benzene rings is 3. The van der Waals surface area contributed by atoms with Crippen LogP contribution in [0.2, 0.25) is 0 Å². The van der Waals surface area contributed by atoms with Crippen LogP contribution in [-0.4, -0.2) is 11.6 Å². The van der Waals surface area contributed by atoms with E-state index in [2.05, 4.69) is 96.3 Å². The normalized spacial score (nSPS) is 19.0. The largest absolute Gasteiger partial charge is 0.364 e. The fourth-order valence-corrected chi connectivity index (χ4v) is 4.18. The van der Waals surface area contributed by atoms with Crippen molar-refractivity contribution in [3.63, 3.8) is 0 Å². The van der Waals surface area contributed by atoms with Crippen LogP contribution in [0.5, 0.6) is 0 Å². The van der Waals surface area contributed by atoms with Gasteiger partial charge >= 0.3 is 0 Å². The van der Waals surface area contributed by atoms with Gasteiger partial charge in [-0.3, -0.25) is 4.99 Å². The monoisotopic (exact) mass is 358 g/mol. The topological polar surface area (TPSA) is 24.4 Å². The molecule has 1 aliphatic heterocycles. The average Bonchev–Trinajstić information content (AvgIpc) is 3.14. The highest BCUT2D eigenvalue weighted by molar-refractivity contribution is 7.99. The summed E-state index contributed by atoms with van der Waals surface area (Å²) < 4.78 is 0. The van der Waals surface area contributed by atoms with E-state index in [4.69, 9.17) is 4.99 Å². The summed E-state index contributed by atoms with van der Waals surface area (Å²) in [5.74, 6) is 3.00. The van der Waals surface area contributed by atoms with Gasteiger partial charge in [-0.1, -0.05) is 91.0 Å². The van der Waals surface area contributed by atoms with E-state index in [1.165, 1.54) is 16.7 Å². The van der Waals surface area contributed by atoms with Crippen molar-refractivity contribution in [1.82, 2.24) is 5.32 Å². The average molecular weight is 359 g/mol. The molecule has 1 aliphatic rings. The van der Waals surface area contributed by atoms with Crippen molar-refractivity contribution >= 4 is 17.6 Å². The Bertz CT molecular complexity index is 847. The maximum atomic E-state index is 5.03. The van der Waals surface area contributed by atoms with E-state index in [1.54, 1.807) is 0 Å². The predicted molar refractivity (Wildman–Crippen MR) is 112 cm³/mol. The molecule has 0 radical (unpaired) electrons. The van der Waals surface area contributed by atoms with E-state index >= 15 is 0 Å². The minimum atomic E-state index is 0.130. The molecule has 0 aliphatic carbocycles. The number of aliphatic imine (C=N–C) groups is 1. The summed E-state index contributed by atoms with van der Waals surface area (Å²) in [4.78, 5) is 5.03. The van der Waals surface area contributed by atoms with Crippen LogP contribution in [0.1, 0.15) is 28.8 Å². The van der Waals surface area contributed by atoms with Crippen molar-refractivity contribution in [2.45, 2.75) is 17.8 Å². The Balaban J connectivity index is 1.49. The van der Waals surface area contributed by atoms with Gasteiger partial charge in [0.25, 0.3) is 0 Å². The lowest BCUT2D eigenvalue weighted by Gasteiger charge is -2.19. The van der Waals surface area contributed by atoms with E-state index in [9.17, 15) is 0 Å². The zero-order chi connectivity index (χ0) is 17.6. The molecule has 1 heterocycles. The summed E-state index contributed by atoms with van der Waals surface area (Å²) in [6.45, 7) is 0. The maximum Gasteiger partial charge on any atom is 0.108 e. The third kappa shape index (κ3) is 4.00. The van der Waals surface area contributed by atoms with Crippen LogP contribution < -0.4 is 5.32 Å². The lowest BCUT2D eigenvalue weighted by Crippen LogP contribution is -2.25. The van der Waals surface area contributed by atoms with E-state index in [-0.39, 0.29) is 12.1 Å². The van der Waals surface area contributed by atoms with E-state index in [0.717, 1.165) is 17.3 Å². The Morgan fingerprint density at radius 2 is 1.27 bits per heavy atom. The molecule has 1 N–H and O–H groups in total. The molecule has 0 saturated carbocycles. The molecular weight excluding hydrogens is 336 g/mol. The van der Waals surface area contributed by atoms with E-state index < -0.39 is 0 Å². The van der Waals surface area contributed by atoms with Gasteiger partial charge in [0, 0.05) is 5.75 Å². The zero-order valence-corrected chi connectivity index (χ0v) is 15.4. The Hall–Kier alpha value is -2.52. The molecular formula is C23H22N2S. The summed E-state index contributed by atoms with van der Waals surface area (Å²) in [6, 6.07) is 32.2. The minimum Gasteiger partial charge on any atom is -0.364 e. The molecule has 3 heteroatoms. The summed E-state index contributed by atoms with van der Waals surface area (Å²) >= 11 is 1.90. The lowest BCUT2D eigenvalue weighted by atomic mass is 9.95. The highest BCUT2D eigenvalue weighted by Gasteiger charge is 2.30. The summed E-state index contributed by atoms with van der Waals surface area (Å²) in [5.41, 5.74) is 3.90. The Morgan fingerprint density at radius 1 is 0.692 bits per heavy atom. The first kappa shape index (κ1) is 16.9. The van der Waals surface area contributed by atoms with Gasteiger partial charge in [0.1, 0.15) is 11.9 Å². The first-order chi connectivity index (χ1) is 12.9. The summed E-state index contributed by atoms with van der Waals surface area (Å²) in [5, 5.41) is 3.67. The summed E-state index contributed by atoms with van der Waals surface area (Å²) in [7, 11) is 0. The molecule has 0 aromatic heterocycles. The van der Waals surface area contributed by atoms with Gasteiger partial charge in [-0.25, -0.2) is 0 Å². The van der Waals surface area contributed by atoms with Crippen molar-refractivity contribution < 1.29 is 0 Å². The third-order valence-corrected chi connectivity index (χ3v) is 5.60. The standard InChI is InChI=1S/C23H22N2S/c1-4-10-18(11-5-1)16-26-17-21-24-22(19-12-6-2-7-13-19)23(25-21)20-14-8-3-9-15-20/h1-15,22-23H,16-17H2,(H,24,25). The fraction of sp³-hybridized carbons (Fsp3) is 0.174. The minimum absolute atomic E-state index is 0.130. The third-order valence-electron chi connectivity index (χ3n) is 4.58. The quantitative estimate of drug-likeness (QED) is 0.637. The number of hydrogen-bond acceptors (Lipinski definition) is 3. The van der Waals surface area contributed by atoms with Gasteiger partial charge in [-0.15, -0.1) is 11.8 Å². The number of nitrogens with zero attached hydrogens (tertiary/aromatic N) is 1. The highest BCUT2D eigenvalue weighted by Crippen LogP contribution is 2.36. The van der Waals surface area contributed by atoms with Crippen LogP contribution in [0.15, 0.2) is 96.0 Å². The second-order valence-electron chi connectivity index (χ2n) is 6.44. The van der Waals surface area contributed by atoms with Crippen LogP contribution in [-0.2, 0) is 5.75 Å². The summed E-state index contributed by atoms with van der Waals surface area (Å²) in [6.07, 6.45) is 0. The Labute approximate surface area is 159 Å². The van der Waals surface area contributed by atoms with E-state index in [1.807, 2.05) is 11.8 Å². The second-order valence-corrected chi connectivity index (χ2v) is 7.43. The molecule has 26 heavy (non-hydrogen) atoms. The van der Waals surface area contributed by atoms with Crippen molar-refractivity contribution in [2.75, 3.05) is 5.75 Å². The molecule has 0 fully saturated rings. The van der Waals surface area contributed by atoms with Crippen LogP contribution in [0.3, 0.4) is 0 Å². The van der Waals surface area contributed by atoms with Gasteiger partial charge in [0.2, 0.25) is 0 Å². The van der Waals surface area contributed by atoms with Gasteiger partial charge < -0.3 is 5.32 Å². The molecule has 0 amide bonds. The molecule has 2 unspecified atom stereocenters. The molecule has 130 valence electrons. The molecule has 2 atom stereocenters. The highest BCUT2D eigenvalue weighted by atomic mass is 32.2. The fourth-order valence-electron chi connectivity index (χ4n) is 3.30. The van der Waals surface area contributed by atoms with Crippen LogP contribution in [0.4, 0.5) is 0 Å². The molecule has 4 rings (SSSR count). The van der Waals surface area contributed by atoms with Gasteiger partial charge in [-0.2, -0.15) is 0 Å². The number of nitrogens with one attached hydrogen (secondary N) is 1. The van der Waals surface area contributed by atoms with Crippen LogP contribution in [0.25, 0.3) is 0 Å². The van der Waals surface area contributed by atoms with Crippen molar-refractivity contribution in [1.29, 1.82) is 0 Å². The molecule has 0 spiro atoms. The number of thioether (sulfide) groups is 1. The molecule has 3 aromatic carbocycles. The Kier molecular flexibility index (Phi) is 5.36. The number of amidine groups is 1. The van der Waals surface area contributed by atoms with Crippen LogP contribution >= 0.6 is 11.8 Å². The molecule has 2 nitrogen and oxygen atoms in total. The van der Waals surface area contributed by atoms with E-state index in [0.29, 0.717) is 0 Å². The SMILES string of the molecule is c1ccc(CSCC2=NC(c3ccccc3)C(c3ccccc3)N2)cc1. The predicted octanol–water partition coefficient (Wildman–Crippen LogP) is 5.40. The maximum absolute atomic E-state index is 5.03. The van der Waals surface area contributed by atoms with Gasteiger partial charge in [0.15, 0.2) is 0 Å². The second kappa shape index (κ2) is 8.24. The molecule has 3 aromatic rings. The van der Waals surface area contributed by atoms with Crippen molar-refractivity contribution in [3.05, 3.63) is 108 Å². The first-order valence-electron chi connectivity index (χ1n) is 8.95. The lowest BCUT2D eigenvalue weighted by molar-refractivity contribution is 0.572. The molecule has 0 saturated heterocycles. The molecule has 0 bridgehead atoms. The first-order valence-corrected chi connectivity index (χ1v) is 10.1. The number of hydrogen-bond donors (Lipinski definition) is 1. The Morgan fingerprint density at radius 3 is 1.92 bits per heavy atom.